The first kappa shape index (κ1) is 13.6. The number of nitrogens with zero attached hydrogens (tertiary/aromatic N) is 1. The number of carbonyl (C=O) groups is 1. The minimum absolute atomic E-state index is 0.0241. The summed E-state index contributed by atoms with van der Waals surface area (Å²) in [7, 11) is 0. The van der Waals surface area contributed by atoms with Crippen LogP contribution in [0.5, 0.6) is 0 Å². The molecule has 1 amide bonds. The second-order valence-corrected chi connectivity index (χ2v) is 6.61. The number of nitrogens with one attached hydrogen (secondary N) is 1. The minimum Gasteiger partial charge on any atom is -0.351 e. The molecule has 1 N–H and O–H groups in total. The lowest BCUT2D eigenvalue weighted by Crippen LogP contribution is -2.32. The van der Waals surface area contributed by atoms with Crippen LogP contribution in [0.15, 0.2) is 40.2 Å². The molecule has 2 heterocycles. The van der Waals surface area contributed by atoms with E-state index in [1.807, 2.05) is 12.3 Å². The van der Waals surface area contributed by atoms with E-state index in [1.54, 1.807) is 23.6 Å². The summed E-state index contributed by atoms with van der Waals surface area (Å²) in [5.41, 5.74) is 2.21. The number of pyridine rings is 1. The van der Waals surface area contributed by atoms with Crippen LogP contribution in [-0.2, 0) is 5.41 Å². The molecule has 5 heteroatoms. The molecule has 0 spiro atoms. The second-order valence-electron chi connectivity index (χ2n) is 5.04. The standard InChI is InChI=1S/C15H16N2OS2/c1-19-14-12(3-2-7-16-14)13(18)17-10-15(5-6-15)11-4-8-20-9-11/h2-4,7-9H,5-6,10H2,1H3,(H,17,18). The number of hydrogen-bond acceptors (Lipinski definition) is 4. The Bertz CT molecular complexity index is 606. The lowest BCUT2D eigenvalue weighted by Gasteiger charge is -2.15. The molecule has 0 bridgehead atoms. The normalized spacial score (nSPS) is 15.8. The van der Waals surface area contributed by atoms with Gasteiger partial charge in [-0.1, -0.05) is 0 Å². The molecule has 2 aromatic rings. The van der Waals surface area contributed by atoms with E-state index in [1.165, 1.54) is 17.3 Å². The lowest BCUT2D eigenvalue weighted by atomic mass is 9.99. The quantitative estimate of drug-likeness (QED) is 0.862. The lowest BCUT2D eigenvalue weighted by molar-refractivity contribution is 0.0946. The van der Waals surface area contributed by atoms with E-state index in [9.17, 15) is 4.79 Å². The molecule has 0 radical (unpaired) electrons. The van der Waals surface area contributed by atoms with Gasteiger partial charge in [-0.05, 0) is 53.6 Å². The first-order valence-electron chi connectivity index (χ1n) is 6.55. The maximum absolute atomic E-state index is 12.3. The Morgan fingerprint density at radius 3 is 3.00 bits per heavy atom. The Morgan fingerprint density at radius 2 is 2.35 bits per heavy atom. The predicted molar refractivity (Wildman–Crippen MR) is 83.6 cm³/mol. The van der Waals surface area contributed by atoms with Crippen LogP contribution >= 0.6 is 23.1 Å². The van der Waals surface area contributed by atoms with Gasteiger partial charge in [0.25, 0.3) is 5.91 Å². The van der Waals surface area contributed by atoms with Crippen LogP contribution in [0.25, 0.3) is 0 Å². The van der Waals surface area contributed by atoms with Gasteiger partial charge in [0.15, 0.2) is 0 Å². The van der Waals surface area contributed by atoms with Crippen molar-refractivity contribution in [3.8, 4) is 0 Å². The summed E-state index contributed by atoms with van der Waals surface area (Å²) >= 11 is 3.22. The molecule has 0 aliphatic heterocycles. The summed E-state index contributed by atoms with van der Waals surface area (Å²) in [6.07, 6.45) is 5.97. The van der Waals surface area contributed by atoms with Gasteiger partial charge in [0.1, 0.15) is 5.03 Å². The molecule has 1 fully saturated rings. The summed E-state index contributed by atoms with van der Waals surface area (Å²) in [5, 5.41) is 8.15. The van der Waals surface area contributed by atoms with E-state index in [4.69, 9.17) is 0 Å². The number of thiophene rings is 1. The van der Waals surface area contributed by atoms with Gasteiger partial charge >= 0.3 is 0 Å². The van der Waals surface area contributed by atoms with E-state index in [0.29, 0.717) is 12.1 Å². The molecule has 20 heavy (non-hydrogen) atoms. The van der Waals surface area contributed by atoms with Crippen LogP contribution in [0.2, 0.25) is 0 Å². The van der Waals surface area contributed by atoms with Gasteiger partial charge in [-0.3, -0.25) is 4.79 Å². The van der Waals surface area contributed by atoms with Crippen molar-refractivity contribution in [1.29, 1.82) is 0 Å². The van der Waals surface area contributed by atoms with Crippen LogP contribution in [0.3, 0.4) is 0 Å². The van der Waals surface area contributed by atoms with E-state index >= 15 is 0 Å². The Kier molecular flexibility index (Phi) is 3.81. The summed E-state index contributed by atoms with van der Waals surface area (Å²) in [5.74, 6) is -0.0241. The molecule has 104 valence electrons. The predicted octanol–water partition coefficient (Wildman–Crippen LogP) is 3.33. The summed E-state index contributed by atoms with van der Waals surface area (Å²) in [6.45, 7) is 0.714. The first-order chi connectivity index (χ1) is 9.75. The first-order valence-corrected chi connectivity index (χ1v) is 8.72. The Morgan fingerprint density at radius 1 is 1.50 bits per heavy atom. The third-order valence-corrected chi connectivity index (χ3v) is 5.18. The molecule has 0 aromatic carbocycles. The van der Waals surface area contributed by atoms with E-state index < -0.39 is 0 Å². The molecule has 0 saturated heterocycles. The van der Waals surface area contributed by atoms with Gasteiger partial charge in [-0.2, -0.15) is 11.3 Å². The van der Waals surface area contributed by atoms with Crippen molar-refractivity contribution in [3.05, 3.63) is 46.3 Å². The number of rotatable bonds is 5. The molecule has 1 saturated carbocycles. The Balaban J connectivity index is 1.68. The van der Waals surface area contributed by atoms with Crippen molar-refractivity contribution in [2.24, 2.45) is 0 Å². The second kappa shape index (κ2) is 5.58. The van der Waals surface area contributed by atoms with E-state index in [-0.39, 0.29) is 11.3 Å². The van der Waals surface area contributed by atoms with Crippen LogP contribution in [0, 0.1) is 0 Å². The summed E-state index contributed by atoms with van der Waals surface area (Å²) in [4.78, 5) is 16.5. The van der Waals surface area contributed by atoms with E-state index in [2.05, 4.69) is 27.1 Å². The van der Waals surface area contributed by atoms with Gasteiger partial charge in [-0.15, -0.1) is 11.8 Å². The highest BCUT2D eigenvalue weighted by molar-refractivity contribution is 7.98. The minimum atomic E-state index is -0.0241. The highest BCUT2D eigenvalue weighted by atomic mass is 32.2. The zero-order valence-corrected chi connectivity index (χ0v) is 12.9. The van der Waals surface area contributed by atoms with Crippen LogP contribution in [0.4, 0.5) is 0 Å². The monoisotopic (exact) mass is 304 g/mol. The fraction of sp³-hybridized carbons (Fsp3) is 0.333. The molecule has 2 aromatic heterocycles. The van der Waals surface area contributed by atoms with Gasteiger partial charge in [0.05, 0.1) is 5.56 Å². The number of hydrogen-bond donors (Lipinski definition) is 1. The van der Waals surface area contributed by atoms with Crippen molar-refractivity contribution in [2.45, 2.75) is 23.3 Å². The number of carbonyl (C=O) groups excluding carboxylic acids is 1. The zero-order chi connectivity index (χ0) is 14.0. The Labute approximate surface area is 126 Å². The third kappa shape index (κ3) is 2.60. The highest BCUT2D eigenvalue weighted by Crippen LogP contribution is 2.48. The largest absolute Gasteiger partial charge is 0.351 e. The topological polar surface area (TPSA) is 42.0 Å². The van der Waals surface area contributed by atoms with Crippen molar-refractivity contribution >= 4 is 29.0 Å². The fourth-order valence-electron chi connectivity index (χ4n) is 2.36. The zero-order valence-electron chi connectivity index (χ0n) is 11.3. The van der Waals surface area contributed by atoms with Crippen LogP contribution < -0.4 is 5.32 Å². The van der Waals surface area contributed by atoms with Crippen molar-refractivity contribution < 1.29 is 4.79 Å². The molecular weight excluding hydrogens is 288 g/mol. The average Bonchev–Trinajstić information content (AvgIpc) is 3.07. The molecule has 1 aliphatic rings. The van der Waals surface area contributed by atoms with Gasteiger partial charge in [0, 0.05) is 18.2 Å². The SMILES string of the molecule is CSc1ncccc1C(=O)NCC1(c2ccsc2)CC1. The van der Waals surface area contributed by atoms with Crippen molar-refractivity contribution in [2.75, 3.05) is 12.8 Å². The molecule has 0 atom stereocenters. The number of aromatic nitrogens is 1. The smallest absolute Gasteiger partial charge is 0.254 e. The maximum atomic E-state index is 12.3. The van der Waals surface area contributed by atoms with Crippen LogP contribution in [-0.4, -0.2) is 23.7 Å². The summed E-state index contributed by atoms with van der Waals surface area (Å²) in [6, 6.07) is 5.81. The molecule has 3 nitrogen and oxygen atoms in total. The van der Waals surface area contributed by atoms with E-state index in [0.717, 1.165) is 17.9 Å². The number of thioether (sulfide) groups is 1. The van der Waals surface area contributed by atoms with Gasteiger partial charge < -0.3 is 5.32 Å². The number of amides is 1. The third-order valence-electron chi connectivity index (χ3n) is 3.78. The molecule has 1 aliphatic carbocycles. The maximum Gasteiger partial charge on any atom is 0.254 e. The molecular formula is C15H16N2OS2. The fourth-order valence-corrected chi connectivity index (χ4v) is 3.68. The molecule has 3 rings (SSSR count). The van der Waals surface area contributed by atoms with Crippen molar-refractivity contribution in [3.63, 3.8) is 0 Å². The van der Waals surface area contributed by atoms with Crippen LogP contribution in [0.1, 0.15) is 28.8 Å². The average molecular weight is 304 g/mol. The van der Waals surface area contributed by atoms with Gasteiger partial charge in [0.2, 0.25) is 0 Å². The highest BCUT2D eigenvalue weighted by Gasteiger charge is 2.44. The summed E-state index contributed by atoms with van der Waals surface area (Å²) < 4.78 is 0. The van der Waals surface area contributed by atoms with Gasteiger partial charge in [-0.25, -0.2) is 4.98 Å². The molecule has 0 unspecified atom stereocenters. The Hall–Kier alpha value is -1.33. The van der Waals surface area contributed by atoms with Crippen molar-refractivity contribution in [1.82, 2.24) is 10.3 Å².